The first-order valence-corrected chi connectivity index (χ1v) is 14.2. The number of piperidine rings is 1. The molecule has 1 aromatic rings. The normalized spacial score (nSPS) is 29.1. The average Bonchev–Trinajstić information content (AvgIpc) is 2.90. The molecule has 3 aliphatic rings. The van der Waals surface area contributed by atoms with Crippen LogP contribution in [0.4, 0.5) is 4.39 Å². The van der Waals surface area contributed by atoms with Crippen molar-refractivity contribution in [1.82, 2.24) is 4.90 Å². The average molecular weight is 501 g/mol. The summed E-state index contributed by atoms with van der Waals surface area (Å²) in [5, 5.41) is 0. The van der Waals surface area contributed by atoms with Gasteiger partial charge in [-0.15, -0.1) is 0 Å². The number of nitrogens with two attached hydrogens (primary N) is 1. The van der Waals surface area contributed by atoms with E-state index in [-0.39, 0.29) is 29.3 Å². The Morgan fingerprint density at radius 2 is 1.47 bits per heavy atom. The molecule has 2 saturated carbocycles. The van der Waals surface area contributed by atoms with Crippen LogP contribution < -0.4 is 5.73 Å². The fourth-order valence-corrected chi connectivity index (χ4v) is 7.27. The van der Waals surface area contributed by atoms with Crippen LogP contribution in [0.15, 0.2) is 24.3 Å². The molecule has 0 bridgehead atoms. The summed E-state index contributed by atoms with van der Waals surface area (Å²) in [7, 11) is 1.77. The quantitative estimate of drug-likeness (QED) is 0.432. The van der Waals surface area contributed by atoms with Crippen molar-refractivity contribution in [2.75, 3.05) is 33.4 Å². The van der Waals surface area contributed by atoms with Gasteiger partial charge in [0.25, 0.3) is 0 Å². The number of ketones is 1. The molecular formula is C30H45FN2O3. The van der Waals surface area contributed by atoms with Gasteiger partial charge in [-0.3, -0.25) is 9.59 Å². The Bertz CT molecular complexity index is 836. The maximum atomic E-state index is 13.2. The number of ether oxygens (including phenoxy) is 1. The molecule has 1 atom stereocenters. The lowest BCUT2D eigenvalue weighted by atomic mass is 9.66. The summed E-state index contributed by atoms with van der Waals surface area (Å²) in [5.41, 5.74) is 6.58. The molecule has 200 valence electrons. The molecule has 1 aromatic carbocycles. The lowest BCUT2D eigenvalue weighted by Crippen LogP contribution is -2.40. The number of benzene rings is 1. The zero-order valence-electron chi connectivity index (χ0n) is 22.0. The Balaban J connectivity index is 1.16. The summed E-state index contributed by atoms with van der Waals surface area (Å²) >= 11 is 0. The van der Waals surface area contributed by atoms with Gasteiger partial charge in [0.1, 0.15) is 5.82 Å². The van der Waals surface area contributed by atoms with Crippen LogP contribution in [-0.4, -0.2) is 49.9 Å². The summed E-state index contributed by atoms with van der Waals surface area (Å²) in [4.78, 5) is 27.7. The Morgan fingerprint density at radius 3 is 2.00 bits per heavy atom. The number of hydrogen-bond acceptors (Lipinski definition) is 4. The van der Waals surface area contributed by atoms with Crippen molar-refractivity contribution in [3.63, 3.8) is 0 Å². The van der Waals surface area contributed by atoms with Crippen molar-refractivity contribution < 1.29 is 18.7 Å². The minimum atomic E-state index is -0.300. The molecule has 1 amide bonds. The molecule has 2 N–H and O–H groups in total. The van der Waals surface area contributed by atoms with E-state index in [1.807, 2.05) is 0 Å². The fraction of sp³-hybridized carbons (Fsp3) is 0.733. The van der Waals surface area contributed by atoms with Gasteiger partial charge >= 0.3 is 0 Å². The van der Waals surface area contributed by atoms with E-state index in [0.717, 1.165) is 83.5 Å². The molecule has 4 rings (SSSR count). The molecule has 2 aliphatic carbocycles. The molecule has 1 aliphatic heterocycles. The summed E-state index contributed by atoms with van der Waals surface area (Å²) in [5.74, 6) is 2.16. The number of Topliss-reactive ketones (excluding diaryl/α,β-unsaturated/α-hetero) is 1. The zero-order valence-corrected chi connectivity index (χ0v) is 22.0. The van der Waals surface area contributed by atoms with Gasteiger partial charge < -0.3 is 15.4 Å². The second-order valence-corrected chi connectivity index (χ2v) is 11.7. The van der Waals surface area contributed by atoms with Crippen LogP contribution in [0.5, 0.6) is 0 Å². The van der Waals surface area contributed by atoms with E-state index >= 15 is 0 Å². The highest BCUT2D eigenvalue weighted by Crippen LogP contribution is 2.43. The van der Waals surface area contributed by atoms with E-state index in [9.17, 15) is 14.0 Å². The molecule has 1 heterocycles. The van der Waals surface area contributed by atoms with Gasteiger partial charge in [0.05, 0.1) is 0 Å². The van der Waals surface area contributed by atoms with Crippen molar-refractivity contribution in [2.45, 2.75) is 70.6 Å². The minimum absolute atomic E-state index is 0.0483. The Morgan fingerprint density at radius 1 is 0.917 bits per heavy atom. The molecule has 5 nitrogen and oxygen atoms in total. The molecule has 3 fully saturated rings. The van der Waals surface area contributed by atoms with Crippen molar-refractivity contribution in [3.8, 4) is 0 Å². The molecule has 1 saturated heterocycles. The van der Waals surface area contributed by atoms with E-state index in [2.05, 4.69) is 4.90 Å². The summed E-state index contributed by atoms with van der Waals surface area (Å²) in [6.45, 7) is 3.85. The Labute approximate surface area is 216 Å². The highest BCUT2D eigenvalue weighted by molar-refractivity contribution is 5.97. The molecule has 0 radical (unpaired) electrons. The second kappa shape index (κ2) is 13.1. The van der Waals surface area contributed by atoms with E-state index in [1.54, 1.807) is 19.2 Å². The number of carbonyl (C=O) groups excluding carboxylic acids is 2. The molecular weight excluding hydrogens is 455 g/mol. The lowest BCUT2D eigenvalue weighted by molar-refractivity contribution is -0.127. The number of carbonyl (C=O) groups is 2. The third kappa shape index (κ3) is 7.16. The number of amides is 1. The fourth-order valence-electron chi connectivity index (χ4n) is 7.27. The number of methoxy groups -OCH3 is 1. The van der Waals surface area contributed by atoms with Gasteiger partial charge in [0.2, 0.25) is 5.91 Å². The van der Waals surface area contributed by atoms with Gasteiger partial charge in [-0.05, 0) is 125 Å². The molecule has 6 heteroatoms. The maximum Gasteiger partial charge on any atom is 0.221 e. The van der Waals surface area contributed by atoms with Crippen LogP contribution in [0.1, 0.15) is 81.0 Å². The van der Waals surface area contributed by atoms with Gasteiger partial charge in [-0.2, -0.15) is 0 Å². The largest absolute Gasteiger partial charge is 0.384 e. The number of nitrogens with zero attached hydrogens (tertiary/aromatic N) is 1. The lowest BCUT2D eigenvalue weighted by Gasteiger charge is -2.39. The number of likely N-dealkylation sites (tertiary alicyclic amines) is 1. The van der Waals surface area contributed by atoms with E-state index in [1.165, 1.54) is 31.4 Å². The highest BCUT2D eigenvalue weighted by Gasteiger charge is 2.38. The smallest absolute Gasteiger partial charge is 0.221 e. The van der Waals surface area contributed by atoms with Crippen molar-refractivity contribution in [2.24, 2.45) is 41.2 Å². The topological polar surface area (TPSA) is 72.6 Å². The van der Waals surface area contributed by atoms with E-state index in [4.69, 9.17) is 10.5 Å². The number of rotatable bonds is 10. The first kappa shape index (κ1) is 27.3. The summed E-state index contributed by atoms with van der Waals surface area (Å²) in [6, 6.07) is 5.96. The minimum Gasteiger partial charge on any atom is -0.384 e. The van der Waals surface area contributed by atoms with Crippen molar-refractivity contribution in [1.29, 1.82) is 0 Å². The Kier molecular flexibility index (Phi) is 9.95. The number of hydrogen-bond donors (Lipinski definition) is 1. The van der Waals surface area contributed by atoms with E-state index in [0.29, 0.717) is 23.3 Å². The van der Waals surface area contributed by atoms with Crippen LogP contribution >= 0.6 is 0 Å². The third-order valence-electron chi connectivity index (χ3n) is 9.47. The first-order chi connectivity index (χ1) is 17.4. The van der Waals surface area contributed by atoms with Crippen molar-refractivity contribution in [3.05, 3.63) is 35.6 Å². The summed E-state index contributed by atoms with van der Waals surface area (Å²) in [6.07, 6.45) is 12.2. The van der Waals surface area contributed by atoms with Crippen molar-refractivity contribution >= 4 is 11.7 Å². The van der Waals surface area contributed by atoms with Gasteiger partial charge in [0, 0.05) is 31.1 Å². The molecule has 1 unspecified atom stereocenters. The van der Waals surface area contributed by atoms with Crippen LogP contribution in [0, 0.1) is 41.3 Å². The maximum absolute atomic E-state index is 13.2. The second-order valence-electron chi connectivity index (χ2n) is 11.7. The van der Waals surface area contributed by atoms with Gasteiger partial charge in [0.15, 0.2) is 5.78 Å². The molecule has 0 aromatic heterocycles. The van der Waals surface area contributed by atoms with E-state index < -0.39 is 0 Å². The standard InChI is InChI=1S/C30H45FN2O3/c1-36-20-22-4-8-24(9-5-22)28(30(32)35)23-6-2-21(3-7-23)14-17-33-18-15-26(16-19-33)29(34)25-10-12-27(31)13-11-25/h10-13,21-24,26,28H,2-9,14-20H2,1H3,(H2,32,35). The van der Waals surface area contributed by atoms with Crippen LogP contribution in [0.25, 0.3) is 0 Å². The van der Waals surface area contributed by atoms with Crippen LogP contribution in [0.3, 0.4) is 0 Å². The first-order valence-electron chi connectivity index (χ1n) is 14.2. The molecule has 0 spiro atoms. The number of primary amides is 1. The predicted octanol–water partition coefficient (Wildman–Crippen LogP) is 5.47. The van der Waals surface area contributed by atoms with Crippen LogP contribution in [-0.2, 0) is 9.53 Å². The van der Waals surface area contributed by atoms with Gasteiger partial charge in [-0.25, -0.2) is 4.39 Å². The zero-order chi connectivity index (χ0) is 25.5. The monoisotopic (exact) mass is 500 g/mol. The van der Waals surface area contributed by atoms with Crippen LogP contribution in [0.2, 0.25) is 0 Å². The Hall–Kier alpha value is -1.79. The third-order valence-corrected chi connectivity index (χ3v) is 9.47. The number of halogens is 1. The molecule has 36 heavy (non-hydrogen) atoms. The van der Waals surface area contributed by atoms with Gasteiger partial charge in [-0.1, -0.05) is 12.8 Å². The SMILES string of the molecule is COCC1CCC(C(C(N)=O)C2CCC(CCN3CCC(C(=O)c4ccc(F)cc4)CC3)CC2)CC1. The predicted molar refractivity (Wildman–Crippen MR) is 140 cm³/mol. The summed E-state index contributed by atoms with van der Waals surface area (Å²) < 4.78 is 18.5. The highest BCUT2D eigenvalue weighted by atomic mass is 19.1.